The van der Waals surface area contributed by atoms with Gasteiger partial charge in [-0.3, -0.25) is 9.59 Å². The summed E-state index contributed by atoms with van der Waals surface area (Å²) in [5.41, 5.74) is -5.60. The summed E-state index contributed by atoms with van der Waals surface area (Å²) in [6.45, 7) is 0. The molecule has 0 spiro atoms. The minimum atomic E-state index is -2.86. The number of carboxylic acid groups (broad SMARTS) is 6. The molecular formula is C18H18AlNaO16. The summed E-state index contributed by atoms with van der Waals surface area (Å²) in [6.07, 6.45) is -4.88. The van der Waals surface area contributed by atoms with E-state index in [9.17, 15) is 49.2 Å². The molecule has 0 aliphatic rings. The first-order chi connectivity index (χ1) is 15.4. The molecular weight excluding hydrogens is 522 g/mol. The van der Waals surface area contributed by atoms with Crippen molar-refractivity contribution in [2.75, 3.05) is 0 Å². The van der Waals surface area contributed by atoms with Gasteiger partial charge in [-0.05, 0) is 0 Å². The van der Waals surface area contributed by atoms with Crippen molar-refractivity contribution in [3.8, 4) is 11.5 Å². The van der Waals surface area contributed by atoms with Gasteiger partial charge in [-0.2, -0.15) is 0 Å². The Morgan fingerprint density at radius 3 is 1.06 bits per heavy atom. The van der Waals surface area contributed by atoms with E-state index in [0.717, 1.165) is 0 Å². The van der Waals surface area contributed by atoms with Crippen LogP contribution in [0.1, 0.15) is 25.7 Å². The van der Waals surface area contributed by atoms with Crippen molar-refractivity contribution in [3.63, 3.8) is 0 Å². The Hall–Kier alpha value is -2.91. The summed E-state index contributed by atoms with van der Waals surface area (Å²) in [6, 6.07) is 5.60. The topological polar surface area (TPSA) is 316 Å². The Bertz CT molecular complexity index is 813. The smallest absolute Gasteiger partial charge is 0.873 e. The minimum absolute atomic E-state index is 0. The molecule has 0 saturated heterocycles. The third-order valence-electron chi connectivity index (χ3n) is 3.41. The van der Waals surface area contributed by atoms with Crippen LogP contribution in [0.5, 0.6) is 11.5 Å². The van der Waals surface area contributed by atoms with Crippen LogP contribution in [-0.2, 0) is 28.8 Å². The van der Waals surface area contributed by atoms with Gasteiger partial charge in [-0.15, -0.1) is 11.5 Å². The first-order valence-corrected chi connectivity index (χ1v) is 8.54. The van der Waals surface area contributed by atoms with Crippen LogP contribution in [0.3, 0.4) is 0 Å². The number of aliphatic hydroxyl groups is 2. The molecule has 1 rings (SSSR count). The molecule has 0 radical (unpaired) electrons. The number of carbonyl (C=O) groups excluding carboxylic acids is 2. The summed E-state index contributed by atoms with van der Waals surface area (Å²) in [7, 11) is 0. The van der Waals surface area contributed by atoms with Crippen molar-refractivity contribution in [2.45, 2.75) is 36.9 Å². The molecule has 0 amide bonds. The van der Waals surface area contributed by atoms with Crippen LogP contribution in [-0.4, -0.2) is 95.0 Å². The van der Waals surface area contributed by atoms with Gasteiger partial charge in [0.15, 0.2) is 11.2 Å². The van der Waals surface area contributed by atoms with E-state index in [4.69, 9.17) is 30.6 Å². The van der Waals surface area contributed by atoms with E-state index in [1.54, 1.807) is 12.1 Å². The van der Waals surface area contributed by atoms with Crippen molar-refractivity contribution in [3.05, 3.63) is 24.3 Å². The molecule has 0 fully saturated rings. The van der Waals surface area contributed by atoms with Crippen molar-refractivity contribution in [1.29, 1.82) is 0 Å². The number of aliphatic carboxylic acids is 6. The second-order valence-corrected chi connectivity index (χ2v) is 6.36. The molecule has 1 aromatic carbocycles. The van der Waals surface area contributed by atoms with E-state index in [2.05, 4.69) is 0 Å². The van der Waals surface area contributed by atoms with E-state index in [0.29, 0.717) is 0 Å². The quantitative estimate of drug-likeness (QED) is 0.150. The first kappa shape index (κ1) is 40.3. The largest absolute Gasteiger partial charge is 3.00 e. The van der Waals surface area contributed by atoms with Gasteiger partial charge in [0, 0.05) is 24.8 Å². The van der Waals surface area contributed by atoms with Crippen molar-refractivity contribution >= 4 is 53.2 Å². The molecule has 0 aliphatic heterocycles. The average Bonchev–Trinajstić information content (AvgIpc) is 2.62. The fourth-order valence-electron chi connectivity index (χ4n) is 1.86. The SMILES string of the molecule is O=C(O)CC(O)(CC(=O)O)C(=O)O.O=C([O-])CC(O)(CC(=O)[O-])C(=O)O.[Al+3].[Na+].[O-]c1ccccc1[O-]. The monoisotopic (exact) mass is 540 g/mol. The number of para-hydroxylation sites is 2. The van der Waals surface area contributed by atoms with E-state index < -0.39 is 84.2 Å². The average molecular weight is 540 g/mol. The summed E-state index contributed by atoms with van der Waals surface area (Å²) in [4.78, 5) is 60.7. The molecule has 36 heavy (non-hydrogen) atoms. The fourth-order valence-corrected chi connectivity index (χ4v) is 1.86. The maximum absolute atomic E-state index is 10.3. The Kier molecular flexibility index (Phi) is 20.6. The van der Waals surface area contributed by atoms with Gasteiger partial charge in [-0.25, -0.2) is 9.59 Å². The van der Waals surface area contributed by atoms with Crippen LogP contribution in [0.15, 0.2) is 24.3 Å². The van der Waals surface area contributed by atoms with Crippen molar-refractivity contribution in [2.24, 2.45) is 0 Å². The number of rotatable bonds is 10. The van der Waals surface area contributed by atoms with Crippen LogP contribution in [0.2, 0.25) is 0 Å². The molecule has 0 saturated carbocycles. The fraction of sp³-hybridized carbons (Fsp3) is 0.333. The van der Waals surface area contributed by atoms with Crippen LogP contribution in [0.25, 0.3) is 0 Å². The van der Waals surface area contributed by atoms with Crippen LogP contribution in [0.4, 0.5) is 0 Å². The van der Waals surface area contributed by atoms with Gasteiger partial charge in [0.2, 0.25) is 0 Å². The van der Waals surface area contributed by atoms with Crippen molar-refractivity contribution in [1.82, 2.24) is 0 Å². The van der Waals surface area contributed by atoms with E-state index in [1.165, 1.54) is 12.1 Å². The summed E-state index contributed by atoms with van der Waals surface area (Å²) >= 11 is 0. The molecule has 0 bridgehead atoms. The molecule has 0 aromatic heterocycles. The molecule has 1 aromatic rings. The number of carboxylic acids is 6. The Morgan fingerprint density at radius 1 is 0.639 bits per heavy atom. The normalized spacial score (nSPS) is 9.83. The van der Waals surface area contributed by atoms with E-state index >= 15 is 0 Å². The predicted molar refractivity (Wildman–Crippen MR) is 100 cm³/mol. The molecule has 16 nitrogen and oxygen atoms in total. The molecule has 190 valence electrons. The van der Waals surface area contributed by atoms with E-state index in [-0.39, 0.29) is 46.9 Å². The Balaban J connectivity index is -0.000000213. The second kappa shape index (κ2) is 18.4. The standard InChI is InChI=1S/2C6H8O7.C6H6O2.Al.Na/c2*7-3(8)1-6(13,5(11)12)2-4(9)10;7-5-3-1-2-4-6(5)8;;/h2*13H,1-2H2,(H,7,8)(H,9,10)(H,11,12);1-4,7-8H;;/q;;;+3;+1/p-4. The number of benzene rings is 1. The molecule has 0 heterocycles. The van der Waals surface area contributed by atoms with Crippen molar-refractivity contribution < 1.29 is 109 Å². The predicted octanol–water partition coefficient (Wildman–Crippen LogP) is -8.71. The molecule has 0 aliphatic carbocycles. The summed E-state index contributed by atoms with van der Waals surface area (Å²) in [5, 5.41) is 91.6. The molecule has 18 heteroatoms. The van der Waals surface area contributed by atoms with Gasteiger partial charge in [-0.1, -0.05) is 24.3 Å². The zero-order valence-electron chi connectivity index (χ0n) is 18.5. The molecule has 0 atom stereocenters. The zero-order valence-corrected chi connectivity index (χ0v) is 21.6. The second-order valence-electron chi connectivity index (χ2n) is 6.36. The minimum Gasteiger partial charge on any atom is -0.873 e. The molecule has 6 N–H and O–H groups in total. The van der Waals surface area contributed by atoms with Crippen LogP contribution < -0.4 is 50.0 Å². The van der Waals surface area contributed by atoms with Gasteiger partial charge >= 0.3 is 70.8 Å². The van der Waals surface area contributed by atoms with Gasteiger partial charge < -0.3 is 60.7 Å². The van der Waals surface area contributed by atoms with E-state index in [1.807, 2.05) is 0 Å². The Morgan fingerprint density at radius 2 is 0.889 bits per heavy atom. The third kappa shape index (κ3) is 17.5. The third-order valence-corrected chi connectivity index (χ3v) is 3.41. The van der Waals surface area contributed by atoms with Crippen LogP contribution >= 0.6 is 0 Å². The maximum atomic E-state index is 10.3. The number of hydrogen-bond acceptors (Lipinski definition) is 12. The Labute approximate surface area is 234 Å². The van der Waals surface area contributed by atoms with Crippen LogP contribution in [0, 0.1) is 0 Å². The zero-order chi connectivity index (χ0) is 27.3. The maximum Gasteiger partial charge on any atom is 3.00 e. The number of carbonyl (C=O) groups is 6. The van der Waals surface area contributed by atoms with Gasteiger partial charge in [0.05, 0.1) is 12.8 Å². The van der Waals surface area contributed by atoms with Gasteiger partial charge in [0.25, 0.3) is 0 Å². The summed E-state index contributed by atoms with van der Waals surface area (Å²) in [5.74, 6) is -11.5. The number of hydrogen-bond donors (Lipinski definition) is 6. The first-order valence-electron chi connectivity index (χ1n) is 8.54. The molecule has 0 unspecified atom stereocenters. The summed E-state index contributed by atoms with van der Waals surface area (Å²) < 4.78 is 0. The van der Waals surface area contributed by atoms with Gasteiger partial charge in [0.1, 0.15) is 0 Å².